The molecule has 1 unspecified atom stereocenters. The molecule has 1 saturated heterocycles. The summed E-state index contributed by atoms with van der Waals surface area (Å²) in [4.78, 5) is 25.6. The van der Waals surface area contributed by atoms with Gasteiger partial charge in [-0.05, 0) is 56.0 Å². The zero-order valence-corrected chi connectivity index (χ0v) is 14.5. The predicted molar refractivity (Wildman–Crippen MR) is 95.6 cm³/mol. The van der Waals surface area contributed by atoms with E-state index in [-0.39, 0.29) is 11.9 Å². The van der Waals surface area contributed by atoms with Gasteiger partial charge < -0.3 is 10.1 Å². The Hall–Kier alpha value is -2.14. The molecule has 130 valence electrons. The lowest BCUT2D eigenvalue weighted by molar-refractivity contribution is -0.137. The second-order valence-corrected chi connectivity index (χ2v) is 6.24. The zero-order valence-electron chi connectivity index (χ0n) is 14.5. The number of esters is 1. The molecule has 1 atom stereocenters. The third-order valence-electron chi connectivity index (χ3n) is 4.00. The fraction of sp³-hybridized carbons (Fsp3) is 0.474. The Labute approximate surface area is 143 Å². The van der Waals surface area contributed by atoms with Gasteiger partial charge in [0.25, 0.3) is 0 Å². The van der Waals surface area contributed by atoms with E-state index in [9.17, 15) is 9.59 Å². The van der Waals surface area contributed by atoms with Crippen LogP contribution in [-0.2, 0) is 14.3 Å². The summed E-state index contributed by atoms with van der Waals surface area (Å²) in [5, 5.41) is 2.92. The van der Waals surface area contributed by atoms with E-state index in [1.807, 2.05) is 24.3 Å². The summed E-state index contributed by atoms with van der Waals surface area (Å²) in [6.45, 7) is 6.79. The highest BCUT2D eigenvalue weighted by atomic mass is 16.5. The van der Waals surface area contributed by atoms with E-state index < -0.39 is 0 Å². The summed E-state index contributed by atoms with van der Waals surface area (Å²) < 4.78 is 4.83. The van der Waals surface area contributed by atoms with Gasteiger partial charge in [0, 0.05) is 18.3 Å². The summed E-state index contributed by atoms with van der Waals surface area (Å²) in [5.74, 6) is 0.321. The van der Waals surface area contributed by atoms with E-state index in [4.69, 9.17) is 4.74 Å². The predicted octanol–water partition coefficient (Wildman–Crippen LogP) is 2.93. The van der Waals surface area contributed by atoms with Gasteiger partial charge in [0.2, 0.25) is 5.91 Å². The van der Waals surface area contributed by atoms with E-state index in [0.717, 1.165) is 30.8 Å². The molecule has 0 spiro atoms. The molecule has 0 radical (unpaired) electrons. The average molecular weight is 330 g/mol. The van der Waals surface area contributed by atoms with Crippen LogP contribution in [0, 0.1) is 5.92 Å². The van der Waals surface area contributed by atoms with Gasteiger partial charge in [0.15, 0.2) is 0 Å². The van der Waals surface area contributed by atoms with Crippen LogP contribution < -0.4 is 5.32 Å². The van der Waals surface area contributed by atoms with Gasteiger partial charge in [-0.3, -0.25) is 9.69 Å². The molecule has 1 aliphatic heterocycles. The second kappa shape index (κ2) is 9.23. The standard InChI is InChI=1S/C19H26N2O3/c1-3-24-19(23)11-8-16-6-9-17(10-7-16)20-18(22)14-21-12-4-5-15(2)13-21/h6-11,15H,3-5,12-14H2,1-2H3,(H,20,22). The minimum atomic E-state index is -0.356. The fourth-order valence-corrected chi connectivity index (χ4v) is 2.87. The number of hydrogen-bond donors (Lipinski definition) is 1. The molecule has 0 saturated carbocycles. The van der Waals surface area contributed by atoms with Crippen molar-refractivity contribution in [1.82, 2.24) is 4.90 Å². The number of rotatable bonds is 6. The number of benzene rings is 1. The lowest BCUT2D eigenvalue weighted by Gasteiger charge is -2.30. The zero-order chi connectivity index (χ0) is 17.4. The van der Waals surface area contributed by atoms with Crippen molar-refractivity contribution >= 4 is 23.6 Å². The van der Waals surface area contributed by atoms with Crippen LogP contribution in [-0.4, -0.2) is 43.0 Å². The molecule has 0 aromatic heterocycles. The van der Waals surface area contributed by atoms with Gasteiger partial charge in [0.05, 0.1) is 13.2 Å². The molecule has 5 heteroatoms. The number of carbonyl (C=O) groups excluding carboxylic acids is 2. The molecule has 0 bridgehead atoms. The summed E-state index contributed by atoms with van der Waals surface area (Å²) in [5.41, 5.74) is 1.64. The Morgan fingerprint density at radius 1 is 1.33 bits per heavy atom. The van der Waals surface area contributed by atoms with Crippen LogP contribution >= 0.6 is 0 Å². The molecule has 1 aromatic rings. The molecule has 0 aliphatic carbocycles. The quantitative estimate of drug-likeness (QED) is 0.643. The molecule has 1 amide bonds. The van der Waals surface area contributed by atoms with E-state index in [1.165, 1.54) is 12.5 Å². The van der Waals surface area contributed by atoms with Crippen LogP contribution in [0.3, 0.4) is 0 Å². The first-order chi connectivity index (χ1) is 11.6. The van der Waals surface area contributed by atoms with Crippen LogP contribution in [0.4, 0.5) is 5.69 Å². The molecule has 1 aromatic carbocycles. The van der Waals surface area contributed by atoms with Crippen LogP contribution in [0.15, 0.2) is 30.3 Å². The summed E-state index contributed by atoms with van der Waals surface area (Å²) in [6, 6.07) is 7.38. The van der Waals surface area contributed by atoms with Crippen molar-refractivity contribution in [3.8, 4) is 0 Å². The SMILES string of the molecule is CCOC(=O)C=Cc1ccc(NC(=O)CN2CCCC(C)C2)cc1. The minimum absolute atomic E-state index is 0.0129. The Bertz CT molecular complexity index is 581. The summed E-state index contributed by atoms with van der Waals surface area (Å²) >= 11 is 0. The number of carbonyl (C=O) groups is 2. The van der Waals surface area contributed by atoms with E-state index in [1.54, 1.807) is 13.0 Å². The maximum atomic E-state index is 12.1. The number of likely N-dealkylation sites (tertiary alicyclic amines) is 1. The normalized spacial score (nSPS) is 18.5. The van der Waals surface area contributed by atoms with Gasteiger partial charge in [0.1, 0.15) is 0 Å². The van der Waals surface area contributed by atoms with Crippen molar-refractivity contribution in [2.24, 2.45) is 5.92 Å². The van der Waals surface area contributed by atoms with Crippen molar-refractivity contribution in [3.05, 3.63) is 35.9 Å². The molecule has 2 rings (SSSR count). The average Bonchev–Trinajstić information content (AvgIpc) is 2.54. The molecule has 1 N–H and O–H groups in total. The number of hydrogen-bond acceptors (Lipinski definition) is 4. The number of ether oxygens (including phenoxy) is 1. The highest BCUT2D eigenvalue weighted by Gasteiger charge is 2.18. The van der Waals surface area contributed by atoms with Crippen LogP contribution in [0.25, 0.3) is 6.08 Å². The molecule has 1 fully saturated rings. The lowest BCUT2D eigenvalue weighted by atomic mass is 10.0. The van der Waals surface area contributed by atoms with Crippen molar-refractivity contribution in [3.63, 3.8) is 0 Å². The third kappa shape index (κ3) is 6.16. The number of piperidine rings is 1. The van der Waals surface area contributed by atoms with Crippen molar-refractivity contribution < 1.29 is 14.3 Å². The van der Waals surface area contributed by atoms with Gasteiger partial charge in [-0.15, -0.1) is 0 Å². The molecular weight excluding hydrogens is 304 g/mol. The topological polar surface area (TPSA) is 58.6 Å². The summed E-state index contributed by atoms with van der Waals surface area (Å²) in [7, 11) is 0. The van der Waals surface area contributed by atoms with Gasteiger partial charge >= 0.3 is 5.97 Å². The summed E-state index contributed by atoms with van der Waals surface area (Å²) in [6.07, 6.45) is 5.50. The fourth-order valence-electron chi connectivity index (χ4n) is 2.87. The first-order valence-electron chi connectivity index (χ1n) is 8.54. The van der Waals surface area contributed by atoms with E-state index >= 15 is 0 Å². The van der Waals surface area contributed by atoms with Gasteiger partial charge in [-0.25, -0.2) is 4.79 Å². The number of amides is 1. The van der Waals surface area contributed by atoms with Gasteiger partial charge in [-0.2, -0.15) is 0 Å². The van der Waals surface area contributed by atoms with Crippen LogP contribution in [0.2, 0.25) is 0 Å². The molecule has 24 heavy (non-hydrogen) atoms. The maximum Gasteiger partial charge on any atom is 0.330 e. The first-order valence-corrected chi connectivity index (χ1v) is 8.54. The number of nitrogens with zero attached hydrogens (tertiary/aromatic N) is 1. The van der Waals surface area contributed by atoms with Crippen molar-refractivity contribution in [1.29, 1.82) is 0 Å². The lowest BCUT2D eigenvalue weighted by Crippen LogP contribution is -2.39. The second-order valence-electron chi connectivity index (χ2n) is 6.24. The first kappa shape index (κ1) is 18.2. The molecule has 5 nitrogen and oxygen atoms in total. The highest BCUT2D eigenvalue weighted by molar-refractivity contribution is 5.92. The number of anilines is 1. The Morgan fingerprint density at radius 3 is 2.75 bits per heavy atom. The van der Waals surface area contributed by atoms with Crippen molar-refractivity contribution in [2.75, 3.05) is 31.6 Å². The van der Waals surface area contributed by atoms with Gasteiger partial charge in [-0.1, -0.05) is 19.1 Å². The van der Waals surface area contributed by atoms with Crippen LogP contribution in [0.5, 0.6) is 0 Å². The Kier molecular flexibility index (Phi) is 7.00. The maximum absolute atomic E-state index is 12.1. The largest absolute Gasteiger partial charge is 0.463 e. The molecule has 1 heterocycles. The highest BCUT2D eigenvalue weighted by Crippen LogP contribution is 2.15. The Balaban J connectivity index is 1.82. The van der Waals surface area contributed by atoms with E-state index in [2.05, 4.69) is 17.1 Å². The molecule has 1 aliphatic rings. The Morgan fingerprint density at radius 2 is 2.08 bits per heavy atom. The van der Waals surface area contributed by atoms with E-state index in [0.29, 0.717) is 19.1 Å². The molecular formula is C19H26N2O3. The smallest absolute Gasteiger partial charge is 0.330 e. The van der Waals surface area contributed by atoms with Crippen LogP contribution in [0.1, 0.15) is 32.3 Å². The monoisotopic (exact) mass is 330 g/mol. The minimum Gasteiger partial charge on any atom is -0.463 e. The third-order valence-corrected chi connectivity index (χ3v) is 4.00. The number of nitrogens with one attached hydrogen (secondary N) is 1. The van der Waals surface area contributed by atoms with Crippen molar-refractivity contribution in [2.45, 2.75) is 26.7 Å².